The molecule has 0 radical (unpaired) electrons. The highest BCUT2D eigenvalue weighted by atomic mass is 16.5. The molecule has 2 aromatic carbocycles. The van der Waals surface area contributed by atoms with Crippen molar-refractivity contribution in [3.8, 4) is 5.75 Å². The topological polar surface area (TPSA) is 76.2 Å². The second-order valence-electron chi connectivity index (χ2n) is 6.59. The maximum Gasteiger partial charge on any atom is 0.337 e. The fourth-order valence-corrected chi connectivity index (χ4v) is 3.30. The second-order valence-corrected chi connectivity index (χ2v) is 6.59. The number of benzene rings is 2. The molecular weight excluding hydrogens is 330 g/mol. The highest BCUT2D eigenvalue weighted by Gasteiger charge is 2.43. The van der Waals surface area contributed by atoms with Crippen LogP contribution in [0, 0.1) is 0 Å². The van der Waals surface area contributed by atoms with E-state index in [1.165, 1.54) is 12.7 Å². The first-order chi connectivity index (χ1) is 12.6. The van der Waals surface area contributed by atoms with E-state index in [0.29, 0.717) is 12.1 Å². The Balaban J connectivity index is 1.54. The number of fused-ring (bicyclic) bond motifs is 1. The van der Waals surface area contributed by atoms with Crippen LogP contribution < -0.4 is 10.1 Å². The molecule has 134 valence electrons. The summed E-state index contributed by atoms with van der Waals surface area (Å²) in [5.41, 5.74) is 3.59. The lowest BCUT2D eigenvalue weighted by molar-refractivity contribution is 0.0601. The minimum absolute atomic E-state index is 0.00364. The monoisotopic (exact) mass is 351 g/mol. The number of aromatic nitrogens is 2. The van der Waals surface area contributed by atoms with Gasteiger partial charge in [-0.15, -0.1) is 0 Å². The van der Waals surface area contributed by atoms with Crippen LogP contribution in [0.3, 0.4) is 0 Å². The summed E-state index contributed by atoms with van der Waals surface area (Å²) in [4.78, 5) is 11.8. The normalized spacial score (nSPS) is 15.0. The van der Waals surface area contributed by atoms with Crippen LogP contribution in [-0.2, 0) is 16.8 Å². The quantitative estimate of drug-likeness (QED) is 0.667. The Morgan fingerprint density at radius 1 is 1.19 bits per heavy atom. The van der Waals surface area contributed by atoms with E-state index in [9.17, 15) is 4.79 Å². The Kier molecular flexibility index (Phi) is 4.12. The second kappa shape index (κ2) is 6.46. The van der Waals surface area contributed by atoms with Crippen LogP contribution in [0.2, 0.25) is 0 Å². The number of methoxy groups -OCH3 is 2. The van der Waals surface area contributed by atoms with Gasteiger partial charge in [-0.3, -0.25) is 5.10 Å². The van der Waals surface area contributed by atoms with Crippen molar-refractivity contribution in [1.29, 1.82) is 0 Å². The van der Waals surface area contributed by atoms with Crippen molar-refractivity contribution >= 4 is 16.9 Å². The number of nitrogens with zero attached hydrogens (tertiary/aromatic N) is 1. The van der Waals surface area contributed by atoms with Gasteiger partial charge >= 0.3 is 5.97 Å². The van der Waals surface area contributed by atoms with Crippen molar-refractivity contribution in [2.24, 2.45) is 0 Å². The molecule has 0 amide bonds. The number of rotatable bonds is 6. The Morgan fingerprint density at radius 3 is 2.62 bits per heavy atom. The van der Waals surface area contributed by atoms with Gasteiger partial charge in [0.15, 0.2) is 0 Å². The highest BCUT2D eigenvalue weighted by molar-refractivity contribution is 5.95. The SMILES string of the molecule is COC(=O)c1ccc2n[nH]c(CNC3(c4ccc(OC)cc4)CC3)c2c1. The van der Waals surface area contributed by atoms with Crippen LogP contribution in [0.1, 0.15) is 34.5 Å². The van der Waals surface area contributed by atoms with Crippen LogP contribution in [0.5, 0.6) is 5.75 Å². The maximum atomic E-state index is 11.8. The molecule has 0 bridgehead atoms. The molecule has 0 saturated heterocycles. The molecule has 1 aromatic heterocycles. The van der Waals surface area contributed by atoms with Gasteiger partial charge in [0.1, 0.15) is 5.75 Å². The number of aromatic amines is 1. The molecule has 1 saturated carbocycles. The van der Waals surface area contributed by atoms with Gasteiger partial charge in [-0.25, -0.2) is 4.79 Å². The molecule has 6 nitrogen and oxygen atoms in total. The number of ether oxygens (including phenoxy) is 2. The van der Waals surface area contributed by atoms with Gasteiger partial charge in [0.25, 0.3) is 0 Å². The molecule has 26 heavy (non-hydrogen) atoms. The third-order valence-corrected chi connectivity index (χ3v) is 5.05. The van der Waals surface area contributed by atoms with Crippen molar-refractivity contribution in [1.82, 2.24) is 15.5 Å². The van der Waals surface area contributed by atoms with Crippen LogP contribution in [0.25, 0.3) is 10.9 Å². The standard InChI is InChI=1S/C20H21N3O3/c1-25-15-6-4-14(5-7-15)20(9-10-20)21-12-18-16-11-13(19(24)26-2)3-8-17(16)22-23-18/h3-8,11,21H,9-10,12H2,1-2H3,(H,22,23). The lowest BCUT2D eigenvalue weighted by atomic mass is 10.0. The van der Waals surface area contributed by atoms with E-state index >= 15 is 0 Å². The summed E-state index contributed by atoms with van der Waals surface area (Å²) < 4.78 is 10.0. The summed E-state index contributed by atoms with van der Waals surface area (Å²) in [5.74, 6) is 0.517. The average molecular weight is 351 g/mol. The molecule has 0 atom stereocenters. The summed E-state index contributed by atoms with van der Waals surface area (Å²) in [6.45, 7) is 0.646. The van der Waals surface area contributed by atoms with Crippen LogP contribution in [0.15, 0.2) is 42.5 Å². The molecular formula is C20H21N3O3. The van der Waals surface area contributed by atoms with E-state index in [1.807, 2.05) is 24.3 Å². The Hall–Kier alpha value is -2.86. The molecule has 0 spiro atoms. The number of esters is 1. The summed E-state index contributed by atoms with van der Waals surface area (Å²) in [6.07, 6.45) is 2.19. The molecule has 3 aromatic rings. The van der Waals surface area contributed by atoms with Gasteiger partial charge in [0.2, 0.25) is 0 Å². The van der Waals surface area contributed by atoms with Crippen LogP contribution >= 0.6 is 0 Å². The zero-order valence-corrected chi connectivity index (χ0v) is 14.8. The first-order valence-electron chi connectivity index (χ1n) is 8.60. The zero-order chi connectivity index (χ0) is 18.1. The maximum absolute atomic E-state index is 11.8. The number of H-pyrrole nitrogens is 1. The lowest BCUT2D eigenvalue weighted by Crippen LogP contribution is -2.28. The smallest absolute Gasteiger partial charge is 0.337 e. The van der Waals surface area contributed by atoms with E-state index in [1.54, 1.807) is 13.2 Å². The third kappa shape index (κ3) is 2.93. The average Bonchev–Trinajstić information content (AvgIpc) is 3.38. The van der Waals surface area contributed by atoms with Crippen LogP contribution in [0.4, 0.5) is 0 Å². The zero-order valence-electron chi connectivity index (χ0n) is 14.8. The summed E-state index contributed by atoms with van der Waals surface area (Å²) in [7, 11) is 3.06. The summed E-state index contributed by atoms with van der Waals surface area (Å²) in [6, 6.07) is 13.6. The number of nitrogens with one attached hydrogen (secondary N) is 2. The van der Waals surface area contributed by atoms with Gasteiger partial charge in [-0.2, -0.15) is 5.10 Å². The van der Waals surface area contributed by atoms with Crippen molar-refractivity contribution in [2.75, 3.05) is 14.2 Å². The Bertz CT molecular complexity index is 943. The number of hydrogen-bond donors (Lipinski definition) is 2. The molecule has 4 rings (SSSR count). The van der Waals surface area contributed by atoms with Crippen molar-refractivity contribution < 1.29 is 14.3 Å². The highest BCUT2D eigenvalue weighted by Crippen LogP contribution is 2.46. The van der Waals surface area contributed by atoms with Gasteiger partial charge in [0.05, 0.1) is 31.0 Å². The molecule has 1 heterocycles. The summed E-state index contributed by atoms with van der Waals surface area (Å²) in [5, 5.41) is 12.0. The first-order valence-corrected chi connectivity index (χ1v) is 8.60. The minimum atomic E-state index is -0.344. The fraction of sp³-hybridized carbons (Fsp3) is 0.300. The molecule has 6 heteroatoms. The van der Waals surface area contributed by atoms with E-state index in [-0.39, 0.29) is 11.5 Å². The predicted octanol–water partition coefficient (Wildman–Crippen LogP) is 3.14. The fourth-order valence-electron chi connectivity index (χ4n) is 3.30. The van der Waals surface area contributed by atoms with Gasteiger partial charge in [-0.05, 0) is 48.7 Å². The lowest BCUT2D eigenvalue weighted by Gasteiger charge is -2.18. The first kappa shape index (κ1) is 16.6. The van der Waals surface area contributed by atoms with Gasteiger partial charge in [0, 0.05) is 17.5 Å². The number of carbonyl (C=O) groups is 1. The van der Waals surface area contributed by atoms with E-state index in [2.05, 4.69) is 27.6 Å². The van der Waals surface area contributed by atoms with E-state index in [4.69, 9.17) is 9.47 Å². The molecule has 0 unspecified atom stereocenters. The Morgan fingerprint density at radius 2 is 1.96 bits per heavy atom. The molecule has 1 aliphatic rings. The van der Waals surface area contributed by atoms with Gasteiger partial charge in [-0.1, -0.05) is 12.1 Å². The Labute approximate surface area is 151 Å². The van der Waals surface area contributed by atoms with Crippen molar-refractivity contribution in [2.45, 2.75) is 24.9 Å². The molecule has 1 aliphatic carbocycles. The van der Waals surface area contributed by atoms with E-state index < -0.39 is 0 Å². The summed E-state index contributed by atoms with van der Waals surface area (Å²) >= 11 is 0. The van der Waals surface area contributed by atoms with Gasteiger partial charge < -0.3 is 14.8 Å². The molecule has 0 aliphatic heterocycles. The van der Waals surface area contributed by atoms with Crippen molar-refractivity contribution in [3.63, 3.8) is 0 Å². The minimum Gasteiger partial charge on any atom is -0.497 e. The van der Waals surface area contributed by atoms with Crippen LogP contribution in [-0.4, -0.2) is 30.4 Å². The van der Waals surface area contributed by atoms with E-state index in [0.717, 1.165) is 35.2 Å². The largest absolute Gasteiger partial charge is 0.497 e. The molecule has 1 fully saturated rings. The van der Waals surface area contributed by atoms with Crippen molar-refractivity contribution in [3.05, 3.63) is 59.3 Å². The molecule has 2 N–H and O–H groups in total. The predicted molar refractivity (Wildman–Crippen MR) is 98.2 cm³/mol. The number of carbonyl (C=O) groups excluding carboxylic acids is 1. The third-order valence-electron chi connectivity index (χ3n) is 5.05. The number of hydrogen-bond acceptors (Lipinski definition) is 5.